The van der Waals surface area contributed by atoms with Crippen LogP contribution in [0.15, 0.2) is 18.2 Å². The van der Waals surface area contributed by atoms with Crippen molar-refractivity contribution in [1.29, 1.82) is 0 Å². The van der Waals surface area contributed by atoms with E-state index in [2.05, 4.69) is 21.8 Å². The standard InChI is InChI=1S/C19H22N4O3/c1-23-16-9-12(15-8-11(10-24)6-7-20-15)2-3-13(16)18(22-23)14-4-5-17(25)21-19(14)26/h2-3,9-11,14-15,20H,4-8H2,1H3,(H,21,25,26). The fraction of sp³-hybridized carbons (Fsp3) is 0.474. The van der Waals surface area contributed by atoms with Gasteiger partial charge in [-0.3, -0.25) is 19.6 Å². The summed E-state index contributed by atoms with van der Waals surface area (Å²) in [5, 5.41) is 11.4. The van der Waals surface area contributed by atoms with Crippen molar-refractivity contribution in [3.8, 4) is 0 Å². The minimum atomic E-state index is -0.394. The summed E-state index contributed by atoms with van der Waals surface area (Å²) in [5.41, 5.74) is 2.81. The zero-order chi connectivity index (χ0) is 18.3. The van der Waals surface area contributed by atoms with Gasteiger partial charge in [0.1, 0.15) is 6.29 Å². The molecule has 2 amide bonds. The molecule has 4 rings (SSSR count). The van der Waals surface area contributed by atoms with Crippen molar-refractivity contribution in [2.24, 2.45) is 13.0 Å². The first kappa shape index (κ1) is 16.9. The molecule has 2 aliphatic heterocycles. The molecule has 1 aromatic carbocycles. The Balaban J connectivity index is 1.67. The topological polar surface area (TPSA) is 93.1 Å². The van der Waals surface area contributed by atoms with Gasteiger partial charge in [0, 0.05) is 30.8 Å². The number of nitrogens with one attached hydrogen (secondary N) is 2. The molecule has 26 heavy (non-hydrogen) atoms. The number of imide groups is 1. The highest BCUT2D eigenvalue weighted by molar-refractivity contribution is 6.02. The van der Waals surface area contributed by atoms with Crippen LogP contribution in [0.3, 0.4) is 0 Å². The Morgan fingerprint density at radius 3 is 2.88 bits per heavy atom. The minimum Gasteiger partial charge on any atom is -0.310 e. The Labute approximate surface area is 151 Å². The molecule has 1 aromatic heterocycles. The van der Waals surface area contributed by atoms with Crippen LogP contribution in [0.4, 0.5) is 0 Å². The molecule has 3 atom stereocenters. The highest BCUT2D eigenvalue weighted by Crippen LogP contribution is 2.33. The number of carbonyl (C=O) groups excluding carboxylic acids is 3. The first-order valence-electron chi connectivity index (χ1n) is 9.05. The van der Waals surface area contributed by atoms with Crippen molar-refractivity contribution in [2.75, 3.05) is 6.54 Å². The van der Waals surface area contributed by atoms with Crippen LogP contribution in [0.2, 0.25) is 0 Å². The van der Waals surface area contributed by atoms with Gasteiger partial charge in [0.2, 0.25) is 11.8 Å². The van der Waals surface area contributed by atoms with E-state index < -0.39 is 5.92 Å². The van der Waals surface area contributed by atoms with Gasteiger partial charge in [-0.05, 0) is 37.4 Å². The van der Waals surface area contributed by atoms with Gasteiger partial charge in [-0.15, -0.1) is 0 Å². The van der Waals surface area contributed by atoms with E-state index in [1.165, 1.54) is 0 Å². The van der Waals surface area contributed by atoms with Crippen LogP contribution in [0.5, 0.6) is 0 Å². The normalized spacial score (nSPS) is 26.7. The Bertz CT molecular complexity index is 888. The predicted octanol–water partition coefficient (Wildman–Crippen LogP) is 1.33. The van der Waals surface area contributed by atoms with Crippen LogP contribution in [-0.4, -0.2) is 34.4 Å². The van der Waals surface area contributed by atoms with Gasteiger partial charge >= 0.3 is 0 Å². The van der Waals surface area contributed by atoms with Crippen molar-refractivity contribution in [3.05, 3.63) is 29.5 Å². The number of rotatable bonds is 3. The molecule has 3 heterocycles. The van der Waals surface area contributed by atoms with E-state index in [4.69, 9.17) is 0 Å². The van der Waals surface area contributed by atoms with E-state index in [-0.39, 0.29) is 23.8 Å². The Morgan fingerprint density at radius 1 is 1.27 bits per heavy atom. The summed E-state index contributed by atoms with van der Waals surface area (Å²) in [5.74, 6) is -0.785. The van der Waals surface area contributed by atoms with Crippen molar-refractivity contribution in [3.63, 3.8) is 0 Å². The highest BCUT2D eigenvalue weighted by Gasteiger charge is 2.32. The molecule has 136 valence electrons. The maximum atomic E-state index is 12.2. The monoisotopic (exact) mass is 354 g/mol. The molecule has 0 bridgehead atoms. The molecule has 3 unspecified atom stereocenters. The third kappa shape index (κ3) is 2.92. The van der Waals surface area contributed by atoms with Gasteiger partial charge in [0.15, 0.2) is 0 Å². The van der Waals surface area contributed by atoms with Crippen molar-refractivity contribution < 1.29 is 14.4 Å². The predicted molar refractivity (Wildman–Crippen MR) is 95.4 cm³/mol. The quantitative estimate of drug-likeness (QED) is 0.641. The van der Waals surface area contributed by atoms with Crippen LogP contribution in [0.25, 0.3) is 10.9 Å². The summed E-state index contributed by atoms with van der Waals surface area (Å²) in [6.45, 7) is 0.832. The SMILES string of the molecule is Cn1nc(C2CCC(=O)NC2=O)c2ccc(C3CC(C=O)CCN3)cc21. The van der Waals surface area contributed by atoms with Crippen molar-refractivity contribution >= 4 is 29.0 Å². The van der Waals surface area contributed by atoms with E-state index in [0.29, 0.717) is 12.8 Å². The van der Waals surface area contributed by atoms with Gasteiger partial charge < -0.3 is 10.1 Å². The molecular weight excluding hydrogens is 332 g/mol. The van der Waals surface area contributed by atoms with Gasteiger partial charge in [0.25, 0.3) is 0 Å². The number of fused-ring (bicyclic) bond motifs is 1. The Morgan fingerprint density at radius 2 is 2.12 bits per heavy atom. The summed E-state index contributed by atoms with van der Waals surface area (Å²) in [7, 11) is 1.87. The van der Waals surface area contributed by atoms with Crippen molar-refractivity contribution in [1.82, 2.24) is 20.4 Å². The number of benzene rings is 1. The van der Waals surface area contributed by atoms with Gasteiger partial charge in [-0.2, -0.15) is 5.10 Å². The van der Waals surface area contributed by atoms with E-state index >= 15 is 0 Å². The van der Waals surface area contributed by atoms with Crippen LogP contribution >= 0.6 is 0 Å². The largest absolute Gasteiger partial charge is 0.310 e. The number of amides is 2. The number of piperidine rings is 2. The lowest BCUT2D eigenvalue weighted by Crippen LogP contribution is -2.39. The number of aromatic nitrogens is 2. The maximum absolute atomic E-state index is 12.2. The highest BCUT2D eigenvalue weighted by atomic mass is 16.2. The number of carbonyl (C=O) groups is 3. The van der Waals surface area contributed by atoms with E-state index in [9.17, 15) is 14.4 Å². The molecule has 2 fully saturated rings. The number of hydrogen-bond acceptors (Lipinski definition) is 5. The van der Waals surface area contributed by atoms with Crippen LogP contribution in [-0.2, 0) is 21.4 Å². The van der Waals surface area contributed by atoms with Crippen LogP contribution < -0.4 is 10.6 Å². The average Bonchev–Trinajstić information content (AvgIpc) is 2.98. The smallest absolute Gasteiger partial charge is 0.235 e. The number of aldehydes is 1. The zero-order valence-corrected chi connectivity index (χ0v) is 14.7. The summed E-state index contributed by atoms with van der Waals surface area (Å²) in [6.07, 6.45) is 3.56. The molecule has 0 aliphatic carbocycles. The number of hydrogen-bond donors (Lipinski definition) is 2. The number of aryl methyl sites for hydroxylation is 1. The second-order valence-electron chi connectivity index (χ2n) is 7.22. The first-order valence-corrected chi connectivity index (χ1v) is 9.05. The zero-order valence-electron chi connectivity index (χ0n) is 14.7. The molecule has 0 saturated carbocycles. The fourth-order valence-corrected chi connectivity index (χ4v) is 4.06. The first-order chi connectivity index (χ1) is 12.6. The van der Waals surface area contributed by atoms with Gasteiger partial charge in [0.05, 0.1) is 17.1 Å². The lowest BCUT2D eigenvalue weighted by molar-refractivity contribution is -0.134. The van der Waals surface area contributed by atoms with Gasteiger partial charge in [-0.1, -0.05) is 12.1 Å². The fourth-order valence-electron chi connectivity index (χ4n) is 4.06. The molecule has 7 heteroatoms. The average molecular weight is 354 g/mol. The summed E-state index contributed by atoms with van der Waals surface area (Å²) >= 11 is 0. The molecule has 7 nitrogen and oxygen atoms in total. The van der Waals surface area contributed by atoms with E-state index in [1.807, 2.05) is 19.2 Å². The minimum absolute atomic E-state index is 0.0996. The molecule has 2 saturated heterocycles. The summed E-state index contributed by atoms with van der Waals surface area (Å²) < 4.78 is 1.79. The van der Waals surface area contributed by atoms with E-state index in [0.717, 1.165) is 47.8 Å². The van der Waals surface area contributed by atoms with Gasteiger partial charge in [-0.25, -0.2) is 0 Å². The second kappa shape index (κ2) is 6.64. The molecule has 2 N–H and O–H groups in total. The van der Waals surface area contributed by atoms with Crippen LogP contribution in [0.1, 0.15) is 48.9 Å². The molecule has 2 aromatic rings. The third-order valence-corrected chi connectivity index (χ3v) is 5.51. The molecule has 0 spiro atoms. The maximum Gasteiger partial charge on any atom is 0.235 e. The third-order valence-electron chi connectivity index (χ3n) is 5.51. The molecular formula is C19H22N4O3. The lowest BCUT2D eigenvalue weighted by Gasteiger charge is -2.27. The lowest BCUT2D eigenvalue weighted by atomic mass is 9.88. The van der Waals surface area contributed by atoms with Crippen molar-refractivity contribution in [2.45, 2.75) is 37.6 Å². The molecule has 0 radical (unpaired) electrons. The summed E-state index contributed by atoms with van der Waals surface area (Å²) in [4.78, 5) is 34.7. The number of nitrogens with zero attached hydrogens (tertiary/aromatic N) is 2. The summed E-state index contributed by atoms with van der Waals surface area (Å²) in [6, 6.07) is 6.28. The van der Waals surface area contributed by atoms with E-state index in [1.54, 1.807) is 4.68 Å². The second-order valence-corrected chi connectivity index (χ2v) is 7.22. The Hall–Kier alpha value is -2.54. The van der Waals surface area contributed by atoms with Crippen LogP contribution in [0, 0.1) is 5.92 Å². The molecule has 2 aliphatic rings. The Kier molecular flexibility index (Phi) is 4.32.